The molecule has 0 aliphatic carbocycles. The summed E-state index contributed by atoms with van der Waals surface area (Å²) in [5.74, 6) is 0. The smallest absolute Gasteiger partial charge is 0.243 e. The molecule has 0 spiro atoms. The van der Waals surface area contributed by atoms with Crippen molar-refractivity contribution in [3.63, 3.8) is 0 Å². The maximum absolute atomic E-state index is 12.8. The van der Waals surface area contributed by atoms with Gasteiger partial charge >= 0.3 is 0 Å². The zero-order valence-electron chi connectivity index (χ0n) is 11.6. The van der Waals surface area contributed by atoms with E-state index < -0.39 is 10.0 Å². The highest BCUT2D eigenvalue weighted by molar-refractivity contribution is 9.10. The van der Waals surface area contributed by atoms with E-state index in [0.29, 0.717) is 41.8 Å². The Kier molecular flexibility index (Phi) is 4.73. The van der Waals surface area contributed by atoms with E-state index in [4.69, 9.17) is 10.5 Å². The number of anilines is 1. The van der Waals surface area contributed by atoms with Crippen LogP contribution in [0.3, 0.4) is 0 Å². The normalized spacial score (nSPS) is 21.6. The van der Waals surface area contributed by atoms with E-state index >= 15 is 0 Å². The Morgan fingerprint density at radius 3 is 2.85 bits per heavy atom. The van der Waals surface area contributed by atoms with Gasteiger partial charge in [-0.1, -0.05) is 15.9 Å². The maximum atomic E-state index is 12.8. The van der Waals surface area contributed by atoms with E-state index in [2.05, 4.69) is 15.9 Å². The number of nitrogen functional groups attached to an aromatic ring is 1. The first kappa shape index (κ1) is 15.8. The van der Waals surface area contributed by atoms with Crippen molar-refractivity contribution in [2.45, 2.75) is 31.3 Å². The third-order valence-electron chi connectivity index (χ3n) is 3.40. The van der Waals surface area contributed by atoms with E-state index in [1.54, 1.807) is 19.1 Å². The van der Waals surface area contributed by atoms with Crippen molar-refractivity contribution in [2.75, 3.05) is 25.4 Å². The van der Waals surface area contributed by atoms with Crippen LogP contribution in [-0.4, -0.2) is 38.5 Å². The highest BCUT2D eigenvalue weighted by Gasteiger charge is 2.29. The monoisotopic (exact) mass is 362 g/mol. The average molecular weight is 363 g/mol. The Morgan fingerprint density at radius 2 is 2.15 bits per heavy atom. The van der Waals surface area contributed by atoms with Crippen LogP contribution in [0.4, 0.5) is 5.69 Å². The third kappa shape index (κ3) is 3.16. The molecule has 1 aromatic rings. The SMILES string of the molecule is Cc1c(N)cc(Br)cc1S(=O)(=O)N1CCCOC(C)C1. The van der Waals surface area contributed by atoms with Gasteiger partial charge in [-0.15, -0.1) is 0 Å². The van der Waals surface area contributed by atoms with Crippen LogP contribution in [0.5, 0.6) is 0 Å². The van der Waals surface area contributed by atoms with Gasteiger partial charge in [-0.2, -0.15) is 4.31 Å². The lowest BCUT2D eigenvalue weighted by Gasteiger charge is -2.23. The zero-order valence-corrected chi connectivity index (χ0v) is 14.0. The van der Waals surface area contributed by atoms with E-state index in [1.165, 1.54) is 4.31 Å². The van der Waals surface area contributed by atoms with Gasteiger partial charge in [0.2, 0.25) is 10.0 Å². The molecule has 20 heavy (non-hydrogen) atoms. The molecule has 1 aliphatic rings. The first-order chi connectivity index (χ1) is 9.32. The van der Waals surface area contributed by atoms with Gasteiger partial charge in [0.05, 0.1) is 11.0 Å². The Morgan fingerprint density at radius 1 is 1.45 bits per heavy atom. The predicted octanol–water partition coefficient (Wildman–Crippen LogP) is 2.14. The van der Waals surface area contributed by atoms with Crippen molar-refractivity contribution in [2.24, 2.45) is 0 Å². The molecule has 1 heterocycles. The molecule has 2 rings (SSSR count). The van der Waals surface area contributed by atoms with Crippen molar-refractivity contribution in [3.8, 4) is 0 Å². The summed E-state index contributed by atoms with van der Waals surface area (Å²) in [6.07, 6.45) is 0.601. The summed E-state index contributed by atoms with van der Waals surface area (Å²) >= 11 is 3.30. The predicted molar refractivity (Wildman–Crippen MR) is 82.1 cm³/mol. The molecule has 5 nitrogen and oxygen atoms in total. The molecule has 1 atom stereocenters. The molecule has 7 heteroatoms. The molecule has 0 bridgehead atoms. The van der Waals surface area contributed by atoms with Crippen molar-refractivity contribution in [1.29, 1.82) is 0 Å². The molecule has 1 fully saturated rings. The second-order valence-electron chi connectivity index (χ2n) is 5.02. The van der Waals surface area contributed by atoms with Crippen LogP contribution in [0.2, 0.25) is 0 Å². The quantitative estimate of drug-likeness (QED) is 0.818. The summed E-state index contributed by atoms with van der Waals surface area (Å²) in [6, 6.07) is 3.32. The lowest BCUT2D eigenvalue weighted by atomic mass is 10.2. The largest absolute Gasteiger partial charge is 0.398 e. The molecule has 0 aromatic heterocycles. The summed E-state index contributed by atoms with van der Waals surface area (Å²) in [6.45, 7) is 5.04. The number of rotatable bonds is 2. The minimum absolute atomic E-state index is 0.0999. The summed E-state index contributed by atoms with van der Waals surface area (Å²) < 4.78 is 33.3. The van der Waals surface area contributed by atoms with E-state index in [0.717, 1.165) is 0 Å². The number of hydrogen-bond donors (Lipinski definition) is 1. The number of nitrogens with zero attached hydrogens (tertiary/aromatic N) is 1. The molecule has 0 saturated carbocycles. The molecule has 1 saturated heterocycles. The van der Waals surface area contributed by atoms with Crippen molar-refractivity contribution in [1.82, 2.24) is 4.31 Å². The first-order valence-corrected chi connectivity index (χ1v) is 8.73. The van der Waals surface area contributed by atoms with Crippen LogP contribution in [-0.2, 0) is 14.8 Å². The second kappa shape index (κ2) is 6.01. The number of halogens is 1. The maximum Gasteiger partial charge on any atom is 0.243 e. The van der Waals surface area contributed by atoms with Crippen LogP contribution >= 0.6 is 15.9 Å². The molecular formula is C13H19BrN2O3S. The highest BCUT2D eigenvalue weighted by Crippen LogP contribution is 2.29. The Balaban J connectivity index is 2.44. The fourth-order valence-electron chi connectivity index (χ4n) is 2.26. The molecule has 112 valence electrons. The van der Waals surface area contributed by atoms with Gasteiger partial charge < -0.3 is 10.5 Å². The number of hydrogen-bond acceptors (Lipinski definition) is 4. The Bertz CT molecular complexity index is 604. The first-order valence-electron chi connectivity index (χ1n) is 6.49. The second-order valence-corrected chi connectivity index (χ2v) is 7.84. The van der Waals surface area contributed by atoms with Gasteiger partial charge in [0.25, 0.3) is 0 Å². The summed E-state index contributed by atoms with van der Waals surface area (Å²) in [5.41, 5.74) is 6.93. The summed E-state index contributed by atoms with van der Waals surface area (Å²) in [4.78, 5) is 0.262. The Hall–Kier alpha value is -0.630. The van der Waals surface area contributed by atoms with Crippen molar-refractivity contribution >= 4 is 31.6 Å². The van der Waals surface area contributed by atoms with Gasteiger partial charge in [0, 0.05) is 29.9 Å². The van der Waals surface area contributed by atoms with Crippen LogP contribution < -0.4 is 5.73 Å². The number of sulfonamides is 1. The molecule has 1 aliphatic heterocycles. The Labute approximate surface area is 128 Å². The molecule has 1 unspecified atom stereocenters. The third-order valence-corrected chi connectivity index (χ3v) is 5.85. The lowest BCUT2D eigenvalue weighted by Crippen LogP contribution is -2.36. The average Bonchev–Trinajstić information content (AvgIpc) is 2.58. The minimum atomic E-state index is -3.55. The van der Waals surface area contributed by atoms with Crippen LogP contribution in [0.15, 0.2) is 21.5 Å². The van der Waals surface area contributed by atoms with E-state index in [1.807, 2.05) is 6.92 Å². The van der Waals surface area contributed by atoms with Crippen LogP contribution in [0.1, 0.15) is 18.9 Å². The van der Waals surface area contributed by atoms with E-state index in [9.17, 15) is 8.42 Å². The molecule has 0 radical (unpaired) electrons. The van der Waals surface area contributed by atoms with Gasteiger partial charge in [-0.25, -0.2) is 8.42 Å². The van der Waals surface area contributed by atoms with Gasteiger partial charge in [-0.05, 0) is 38.0 Å². The van der Waals surface area contributed by atoms with Gasteiger partial charge in [-0.3, -0.25) is 0 Å². The molecule has 0 amide bonds. The lowest BCUT2D eigenvalue weighted by molar-refractivity contribution is 0.0752. The zero-order chi connectivity index (χ0) is 14.9. The number of ether oxygens (including phenoxy) is 1. The summed E-state index contributed by atoms with van der Waals surface area (Å²) in [7, 11) is -3.55. The van der Waals surface area contributed by atoms with Crippen molar-refractivity contribution < 1.29 is 13.2 Å². The van der Waals surface area contributed by atoms with E-state index in [-0.39, 0.29) is 11.0 Å². The summed E-state index contributed by atoms with van der Waals surface area (Å²) in [5, 5.41) is 0. The van der Waals surface area contributed by atoms with Crippen molar-refractivity contribution in [3.05, 3.63) is 22.2 Å². The fourth-order valence-corrected chi connectivity index (χ4v) is 4.72. The standard InChI is InChI=1S/C13H19BrN2O3S/c1-9-8-16(4-3-5-19-9)20(17,18)13-7-11(14)6-12(15)10(13)2/h6-7,9H,3-5,8,15H2,1-2H3. The fraction of sp³-hybridized carbons (Fsp3) is 0.538. The molecule has 1 aromatic carbocycles. The molecular weight excluding hydrogens is 344 g/mol. The topological polar surface area (TPSA) is 72.6 Å². The number of benzene rings is 1. The van der Waals surface area contributed by atoms with Gasteiger partial charge in [0.1, 0.15) is 0 Å². The van der Waals surface area contributed by atoms with Crippen LogP contribution in [0.25, 0.3) is 0 Å². The van der Waals surface area contributed by atoms with Crippen LogP contribution in [0, 0.1) is 6.92 Å². The van der Waals surface area contributed by atoms with Gasteiger partial charge in [0.15, 0.2) is 0 Å². The minimum Gasteiger partial charge on any atom is -0.398 e. The number of nitrogens with two attached hydrogens (primary N) is 1. The highest BCUT2D eigenvalue weighted by atomic mass is 79.9. The molecule has 2 N–H and O–H groups in total.